The molecule has 112 valence electrons. The Kier molecular flexibility index (Phi) is 8.63. The fourth-order valence-electron chi connectivity index (χ4n) is 2.51. The number of hydrogen-bond donors (Lipinski definition) is 2. The number of nitrogens with zero attached hydrogens (tertiary/aromatic N) is 2. The van der Waals surface area contributed by atoms with Crippen LogP contribution in [0.1, 0.15) is 52.4 Å². The van der Waals surface area contributed by atoms with Crippen LogP contribution in [0.4, 0.5) is 0 Å². The van der Waals surface area contributed by atoms with Gasteiger partial charge in [-0.2, -0.15) is 0 Å². The molecule has 4 heteroatoms. The molecule has 1 saturated heterocycles. The van der Waals surface area contributed by atoms with Gasteiger partial charge < -0.3 is 15.5 Å². The highest BCUT2D eigenvalue weighted by molar-refractivity contribution is 5.79. The third-order valence-electron chi connectivity index (χ3n) is 3.80. The Balaban J connectivity index is 2.25. The van der Waals surface area contributed by atoms with E-state index in [9.17, 15) is 0 Å². The summed E-state index contributed by atoms with van der Waals surface area (Å²) in [6, 6.07) is 0.635. The molecular weight excluding hydrogens is 236 g/mol. The first kappa shape index (κ1) is 16.3. The van der Waals surface area contributed by atoms with Gasteiger partial charge >= 0.3 is 0 Å². The van der Waals surface area contributed by atoms with Gasteiger partial charge in [-0.05, 0) is 39.8 Å². The van der Waals surface area contributed by atoms with Gasteiger partial charge in [0.05, 0.1) is 6.54 Å². The minimum atomic E-state index is 0.635. The smallest absolute Gasteiger partial charge is 0.191 e. The maximum absolute atomic E-state index is 4.72. The van der Waals surface area contributed by atoms with Crippen LogP contribution in [0.15, 0.2) is 4.99 Å². The molecule has 0 aromatic rings. The second kappa shape index (κ2) is 10.1. The monoisotopic (exact) mass is 268 g/mol. The maximum atomic E-state index is 4.72. The lowest BCUT2D eigenvalue weighted by atomic mass is 10.2. The van der Waals surface area contributed by atoms with E-state index in [4.69, 9.17) is 4.99 Å². The van der Waals surface area contributed by atoms with Crippen LogP contribution in [0, 0.1) is 0 Å². The molecule has 0 spiro atoms. The van der Waals surface area contributed by atoms with E-state index in [1.165, 1.54) is 45.1 Å². The largest absolute Gasteiger partial charge is 0.357 e. The summed E-state index contributed by atoms with van der Waals surface area (Å²) >= 11 is 0. The van der Waals surface area contributed by atoms with E-state index in [1.807, 2.05) is 0 Å². The van der Waals surface area contributed by atoms with Crippen molar-refractivity contribution in [3.8, 4) is 0 Å². The Morgan fingerprint density at radius 3 is 2.68 bits per heavy atom. The van der Waals surface area contributed by atoms with E-state index < -0.39 is 0 Å². The molecule has 2 N–H and O–H groups in total. The number of likely N-dealkylation sites (tertiary alicyclic amines) is 1. The zero-order valence-corrected chi connectivity index (χ0v) is 13.0. The number of nitrogens with one attached hydrogen (secondary N) is 2. The van der Waals surface area contributed by atoms with E-state index in [2.05, 4.69) is 36.4 Å². The molecule has 1 unspecified atom stereocenters. The van der Waals surface area contributed by atoms with Crippen LogP contribution < -0.4 is 10.6 Å². The van der Waals surface area contributed by atoms with Crippen LogP contribution in [-0.2, 0) is 0 Å². The Bertz CT molecular complexity index is 253. The van der Waals surface area contributed by atoms with Crippen molar-refractivity contribution in [1.82, 2.24) is 15.5 Å². The predicted molar refractivity (Wildman–Crippen MR) is 83.8 cm³/mol. The first-order chi connectivity index (χ1) is 9.27. The van der Waals surface area contributed by atoms with Crippen LogP contribution >= 0.6 is 0 Å². The van der Waals surface area contributed by atoms with Crippen molar-refractivity contribution in [2.75, 3.05) is 33.2 Å². The Morgan fingerprint density at radius 1 is 1.21 bits per heavy atom. The highest BCUT2D eigenvalue weighted by atomic mass is 15.2. The van der Waals surface area contributed by atoms with E-state index in [0.717, 1.165) is 25.6 Å². The van der Waals surface area contributed by atoms with Crippen LogP contribution in [0.5, 0.6) is 0 Å². The number of guanidine groups is 1. The highest BCUT2D eigenvalue weighted by Gasteiger charge is 2.20. The fraction of sp³-hybridized carbons (Fsp3) is 0.933. The first-order valence-corrected chi connectivity index (χ1v) is 8.00. The molecule has 1 heterocycles. The van der Waals surface area contributed by atoms with Crippen molar-refractivity contribution in [2.45, 2.75) is 58.4 Å². The van der Waals surface area contributed by atoms with Crippen molar-refractivity contribution >= 4 is 5.96 Å². The zero-order valence-electron chi connectivity index (χ0n) is 13.0. The van der Waals surface area contributed by atoms with Crippen molar-refractivity contribution in [2.24, 2.45) is 4.99 Å². The van der Waals surface area contributed by atoms with Gasteiger partial charge in [0, 0.05) is 19.1 Å². The van der Waals surface area contributed by atoms with Crippen molar-refractivity contribution < 1.29 is 0 Å². The summed E-state index contributed by atoms with van der Waals surface area (Å²) in [5.74, 6) is 0.985. The Morgan fingerprint density at radius 2 is 2.05 bits per heavy atom. The third kappa shape index (κ3) is 6.81. The van der Waals surface area contributed by atoms with E-state index >= 15 is 0 Å². The number of hydrogen-bond acceptors (Lipinski definition) is 2. The summed E-state index contributed by atoms with van der Waals surface area (Å²) < 4.78 is 0. The van der Waals surface area contributed by atoms with Gasteiger partial charge in [0.25, 0.3) is 0 Å². The van der Waals surface area contributed by atoms with E-state index in [-0.39, 0.29) is 0 Å². The number of unbranched alkanes of at least 4 members (excludes halogenated alkanes) is 3. The van der Waals surface area contributed by atoms with E-state index in [0.29, 0.717) is 6.04 Å². The predicted octanol–water partition coefficient (Wildman–Crippen LogP) is 2.22. The molecule has 0 aromatic carbocycles. The lowest BCUT2D eigenvalue weighted by Crippen LogP contribution is -2.39. The standard InChI is InChI=1S/C15H32N4/c1-4-6-7-8-11-17-15(16-5-2)18-13-14-10-9-12-19(14)3/h14H,4-13H2,1-3H3,(H2,16,17,18). The molecule has 4 nitrogen and oxygen atoms in total. The Labute approximate surface area is 119 Å². The molecule has 1 rings (SSSR count). The topological polar surface area (TPSA) is 39.7 Å². The third-order valence-corrected chi connectivity index (χ3v) is 3.80. The summed E-state index contributed by atoms with van der Waals surface area (Å²) in [4.78, 5) is 7.14. The summed E-state index contributed by atoms with van der Waals surface area (Å²) in [6.45, 7) is 8.47. The van der Waals surface area contributed by atoms with Gasteiger partial charge in [0.2, 0.25) is 0 Å². The molecule has 1 atom stereocenters. The maximum Gasteiger partial charge on any atom is 0.191 e. The normalized spacial score (nSPS) is 20.8. The number of aliphatic imine (C=N–C) groups is 1. The van der Waals surface area contributed by atoms with Crippen molar-refractivity contribution in [1.29, 1.82) is 0 Å². The number of rotatable bonds is 8. The van der Waals surface area contributed by atoms with Gasteiger partial charge in [0.15, 0.2) is 5.96 Å². The molecule has 0 bridgehead atoms. The average molecular weight is 268 g/mol. The van der Waals surface area contributed by atoms with Gasteiger partial charge in [-0.25, -0.2) is 0 Å². The minimum absolute atomic E-state index is 0.635. The highest BCUT2D eigenvalue weighted by Crippen LogP contribution is 2.14. The van der Waals surface area contributed by atoms with Crippen molar-refractivity contribution in [3.05, 3.63) is 0 Å². The first-order valence-electron chi connectivity index (χ1n) is 8.00. The summed E-state index contributed by atoms with van der Waals surface area (Å²) in [7, 11) is 2.21. The lowest BCUT2D eigenvalue weighted by Gasteiger charge is -2.18. The molecule has 0 aromatic heterocycles. The molecule has 0 aliphatic carbocycles. The molecule has 1 fully saturated rings. The quantitative estimate of drug-likeness (QED) is 0.403. The van der Waals surface area contributed by atoms with Gasteiger partial charge in [0.1, 0.15) is 0 Å². The van der Waals surface area contributed by atoms with E-state index in [1.54, 1.807) is 0 Å². The minimum Gasteiger partial charge on any atom is -0.357 e. The van der Waals surface area contributed by atoms with Crippen LogP contribution in [0.2, 0.25) is 0 Å². The van der Waals surface area contributed by atoms with Crippen molar-refractivity contribution in [3.63, 3.8) is 0 Å². The zero-order chi connectivity index (χ0) is 13.9. The SMILES string of the molecule is CCCCCCNC(=NCC1CCCN1C)NCC. The molecule has 0 amide bonds. The second-order valence-electron chi connectivity index (χ2n) is 5.48. The van der Waals surface area contributed by atoms with Gasteiger partial charge in [-0.3, -0.25) is 4.99 Å². The molecule has 1 aliphatic rings. The van der Waals surface area contributed by atoms with Crippen LogP contribution in [0.25, 0.3) is 0 Å². The molecule has 1 aliphatic heterocycles. The van der Waals surface area contributed by atoms with Gasteiger partial charge in [-0.15, -0.1) is 0 Å². The summed E-state index contributed by atoms with van der Waals surface area (Å²) in [5.41, 5.74) is 0. The number of likely N-dealkylation sites (N-methyl/N-ethyl adjacent to an activating group) is 1. The Hall–Kier alpha value is -0.770. The van der Waals surface area contributed by atoms with Crippen LogP contribution in [-0.4, -0.2) is 50.1 Å². The molecule has 0 saturated carbocycles. The average Bonchev–Trinajstić information content (AvgIpc) is 2.81. The fourth-order valence-corrected chi connectivity index (χ4v) is 2.51. The molecule has 19 heavy (non-hydrogen) atoms. The summed E-state index contributed by atoms with van der Waals surface area (Å²) in [6.07, 6.45) is 7.79. The molecular formula is C15H32N4. The van der Waals surface area contributed by atoms with Gasteiger partial charge in [-0.1, -0.05) is 26.2 Å². The van der Waals surface area contributed by atoms with Crippen LogP contribution in [0.3, 0.4) is 0 Å². The second-order valence-corrected chi connectivity index (χ2v) is 5.48. The molecule has 0 radical (unpaired) electrons. The lowest BCUT2D eigenvalue weighted by molar-refractivity contribution is 0.317. The summed E-state index contributed by atoms with van der Waals surface area (Å²) in [5, 5.41) is 6.77.